The highest BCUT2D eigenvalue weighted by atomic mass is 32.1. The van der Waals surface area contributed by atoms with Crippen LogP contribution in [-0.4, -0.2) is 45.6 Å². The largest absolute Gasteiger partial charge is 0.466 e. The third-order valence-electron chi connectivity index (χ3n) is 5.33. The highest BCUT2D eigenvalue weighted by Gasteiger charge is 2.28. The summed E-state index contributed by atoms with van der Waals surface area (Å²) in [5.41, 5.74) is -0.219. The van der Waals surface area contributed by atoms with Gasteiger partial charge in [-0.25, -0.2) is 4.79 Å². The van der Waals surface area contributed by atoms with E-state index < -0.39 is 5.69 Å². The van der Waals surface area contributed by atoms with Gasteiger partial charge in [0.25, 0.3) is 5.56 Å². The number of nitrogens with zero attached hydrogens (tertiary/aromatic N) is 3. The Morgan fingerprint density at radius 3 is 2.55 bits per heavy atom. The summed E-state index contributed by atoms with van der Waals surface area (Å²) in [6.45, 7) is 5.28. The molecule has 1 saturated heterocycles. The van der Waals surface area contributed by atoms with Crippen molar-refractivity contribution in [2.75, 3.05) is 19.7 Å². The molecule has 0 aromatic carbocycles. The van der Waals surface area contributed by atoms with Crippen LogP contribution in [0.3, 0.4) is 0 Å². The number of carbonyl (C=O) groups is 2. The Kier molecular flexibility index (Phi) is 6.89. The van der Waals surface area contributed by atoms with Crippen LogP contribution in [0.2, 0.25) is 0 Å². The van der Waals surface area contributed by atoms with Crippen LogP contribution < -0.4 is 11.2 Å². The number of unbranched alkanes of at least 4 members (excludes halogenated alkanes) is 1. The van der Waals surface area contributed by atoms with Crippen LogP contribution >= 0.6 is 11.3 Å². The minimum absolute atomic E-state index is 0.109. The van der Waals surface area contributed by atoms with Crippen molar-refractivity contribution in [2.24, 2.45) is 5.92 Å². The first-order chi connectivity index (χ1) is 14.0. The topological polar surface area (TPSA) is 90.6 Å². The summed E-state index contributed by atoms with van der Waals surface area (Å²) in [6, 6.07) is 1.72. The molecule has 29 heavy (non-hydrogen) atoms. The number of ether oxygens (including phenoxy) is 1. The van der Waals surface area contributed by atoms with E-state index in [2.05, 4.69) is 0 Å². The maximum atomic E-state index is 12.9. The predicted octanol–water partition coefficient (Wildman–Crippen LogP) is 1.83. The molecule has 1 amide bonds. The van der Waals surface area contributed by atoms with Crippen LogP contribution in [0.15, 0.2) is 21.0 Å². The number of piperidine rings is 1. The Morgan fingerprint density at radius 1 is 1.17 bits per heavy atom. The predicted molar refractivity (Wildman–Crippen MR) is 111 cm³/mol. The van der Waals surface area contributed by atoms with Gasteiger partial charge in [0.1, 0.15) is 11.2 Å². The second kappa shape index (κ2) is 9.39. The third kappa shape index (κ3) is 4.44. The van der Waals surface area contributed by atoms with E-state index in [1.54, 1.807) is 23.3 Å². The van der Waals surface area contributed by atoms with Gasteiger partial charge in [-0.15, -0.1) is 11.3 Å². The first kappa shape index (κ1) is 21.3. The van der Waals surface area contributed by atoms with Crippen molar-refractivity contribution < 1.29 is 14.3 Å². The second-order valence-corrected chi connectivity index (χ2v) is 8.14. The van der Waals surface area contributed by atoms with Gasteiger partial charge in [0, 0.05) is 19.6 Å². The quantitative estimate of drug-likeness (QED) is 0.636. The Morgan fingerprint density at radius 2 is 1.90 bits per heavy atom. The summed E-state index contributed by atoms with van der Waals surface area (Å²) in [5, 5.41) is 1.77. The first-order valence-electron chi connectivity index (χ1n) is 10.1. The molecule has 8 nitrogen and oxygen atoms in total. The average molecular weight is 422 g/mol. The third-order valence-corrected chi connectivity index (χ3v) is 6.22. The Balaban J connectivity index is 1.79. The molecule has 0 bridgehead atoms. The molecule has 0 aliphatic carbocycles. The smallest absolute Gasteiger partial charge is 0.332 e. The Bertz CT molecular complexity index is 998. The number of amides is 1. The number of hydrogen-bond donors (Lipinski definition) is 0. The van der Waals surface area contributed by atoms with Crippen LogP contribution in [0, 0.1) is 5.92 Å². The maximum absolute atomic E-state index is 12.9. The van der Waals surface area contributed by atoms with Gasteiger partial charge in [-0.1, -0.05) is 13.3 Å². The molecule has 3 heterocycles. The van der Waals surface area contributed by atoms with Crippen molar-refractivity contribution in [3.05, 3.63) is 32.3 Å². The van der Waals surface area contributed by atoms with Crippen molar-refractivity contribution in [1.29, 1.82) is 0 Å². The lowest BCUT2D eigenvalue weighted by Crippen LogP contribution is -2.45. The molecule has 9 heteroatoms. The average Bonchev–Trinajstić information content (AvgIpc) is 3.21. The number of thiophene rings is 1. The fourth-order valence-electron chi connectivity index (χ4n) is 3.66. The van der Waals surface area contributed by atoms with E-state index in [1.807, 2.05) is 6.92 Å². The monoisotopic (exact) mass is 421 g/mol. The summed E-state index contributed by atoms with van der Waals surface area (Å²) in [6.07, 6.45) is 2.71. The van der Waals surface area contributed by atoms with E-state index in [0.29, 0.717) is 49.3 Å². The number of likely N-dealkylation sites (tertiary alicyclic amines) is 1. The van der Waals surface area contributed by atoms with Crippen molar-refractivity contribution >= 4 is 33.4 Å². The lowest BCUT2D eigenvalue weighted by atomic mass is 9.97. The zero-order valence-electron chi connectivity index (χ0n) is 16.9. The van der Waals surface area contributed by atoms with Gasteiger partial charge >= 0.3 is 11.7 Å². The molecule has 1 aliphatic rings. The molecule has 0 radical (unpaired) electrons. The lowest BCUT2D eigenvalue weighted by molar-refractivity contribution is -0.151. The van der Waals surface area contributed by atoms with E-state index in [0.717, 1.165) is 12.8 Å². The number of fused-ring (bicyclic) bond motifs is 1. The molecular formula is C20H27N3O5S. The molecule has 0 saturated carbocycles. The van der Waals surface area contributed by atoms with Crippen molar-refractivity contribution in [3.63, 3.8) is 0 Å². The molecule has 0 spiro atoms. The number of rotatable bonds is 7. The van der Waals surface area contributed by atoms with Gasteiger partial charge in [-0.3, -0.25) is 23.5 Å². The van der Waals surface area contributed by atoms with Crippen LogP contribution in [-0.2, 0) is 27.4 Å². The molecule has 0 N–H and O–H groups in total. The van der Waals surface area contributed by atoms with E-state index in [1.165, 1.54) is 20.5 Å². The molecule has 0 atom stereocenters. The van der Waals surface area contributed by atoms with Gasteiger partial charge < -0.3 is 9.64 Å². The van der Waals surface area contributed by atoms with Gasteiger partial charge in [0.15, 0.2) is 0 Å². The van der Waals surface area contributed by atoms with Crippen LogP contribution in [0.5, 0.6) is 0 Å². The fraction of sp³-hybridized carbons (Fsp3) is 0.600. The molecule has 2 aromatic heterocycles. The first-order valence-corrected chi connectivity index (χ1v) is 11.0. The van der Waals surface area contributed by atoms with Crippen molar-refractivity contribution in [2.45, 2.75) is 52.6 Å². The normalized spacial score (nSPS) is 15.0. The number of hydrogen-bond acceptors (Lipinski definition) is 6. The summed E-state index contributed by atoms with van der Waals surface area (Å²) in [7, 11) is 0. The van der Waals surface area contributed by atoms with Gasteiger partial charge in [-0.2, -0.15) is 0 Å². The summed E-state index contributed by atoms with van der Waals surface area (Å²) >= 11 is 1.29. The highest BCUT2D eigenvalue weighted by molar-refractivity contribution is 7.17. The fourth-order valence-corrected chi connectivity index (χ4v) is 4.50. The summed E-state index contributed by atoms with van der Waals surface area (Å²) in [4.78, 5) is 52.0. The second-order valence-electron chi connectivity index (χ2n) is 7.22. The SMILES string of the molecule is CCCCn1c(=O)c2sccc2n(CC(=O)N2CCC(C(=O)OCC)CC2)c1=O. The molecule has 1 aliphatic heterocycles. The molecule has 3 rings (SSSR count). The Labute approximate surface area is 172 Å². The number of aromatic nitrogens is 2. The van der Waals surface area contributed by atoms with E-state index in [4.69, 9.17) is 4.74 Å². The minimum Gasteiger partial charge on any atom is -0.466 e. The van der Waals surface area contributed by atoms with Crippen molar-refractivity contribution in [3.8, 4) is 0 Å². The van der Waals surface area contributed by atoms with Crippen molar-refractivity contribution in [1.82, 2.24) is 14.0 Å². The molecule has 2 aromatic rings. The molecular weight excluding hydrogens is 394 g/mol. The van der Waals surface area contributed by atoms with Crippen LogP contribution in [0.25, 0.3) is 10.2 Å². The van der Waals surface area contributed by atoms with Gasteiger partial charge in [-0.05, 0) is 37.6 Å². The van der Waals surface area contributed by atoms with E-state index in [-0.39, 0.29) is 29.9 Å². The molecule has 0 unspecified atom stereocenters. The summed E-state index contributed by atoms with van der Waals surface area (Å²) in [5.74, 6) is -0.567. The standard InChI is InChI=1S/C20H27N3O5S/c1-3-5-9-22-18(25)17-15(8-12-29-17)23(20(22)27)13-16(24)21-10-6-14(7-11-21)19(26)28-4-2/h8,12,14H,3-7,9-11,13H2,1-2H3. The number of carbonyl (C=O) groups excluding carboxylic acids is 2. The maximum Gasteiger partial charge on any atom is 0.332 e. The van der Waals surface area contributed by atoms with Crippen LogP contribution in [0.1, 0.15) is 39.5 Å². The lowest BCUT2D eigenvalue weighted by Gasteiger charge is -2.31. The minimum atomic E-state index is -0.441. The van der Waals surface area contributed by atoms with Gasteiger partial charge in [0.2, 0.25) is 5.91 Å². The highest BCUT2D eigenvalue weighted by Crippen LogP contribution is 2.20. The Hall–Kier alpha value is -2.42. The van der Waals surface area contributed by atoms with E-state index >= 15 is 0 Å². The molecule has 158 valence electrons. The van der Waals surface area contributed by atoms with E-state index in [9.17, 15) is 19.2 Å². The molecule has 1 fully saturated rings. The zero-order chi connectivity index (χ0) is 21.0. The van der Waals surface area contributed by atoms with Gasteiger partial charge in [0.05, 0.1) is 18.0 Å². The summed E-state index contributed by atoms with van der Waals surface area (Å²) < 4.78 is 8.20. The van der Waals surface area contributed by atoms with Crippen LogP contribution in [0.4, 0.5) is 0 Å². The zero-order valence-corrected chi connectivity index (χ0v) is 17.7. The number of esters is 1.